The van der Waals surface area contributed by atoms with Crippen molar-refractivity contribution in [3.8, 4) is 17.2 Å². The fourth-order valence-electron chi connectivity index (χ4n) is 1.79. The molecule has 1 aromatic heterocycles. The van der Waals surface area contributed by atoms with Crippen LogP contribution in [0.1, 0.15) is 5.69 Å². The Morgan fingerprint density at radius 2 is 1.88 bits per heavy atom. The lowest BCUT2D eigenvalue weighted by Crippen LogP contribution is -2.16. The number of pyridine rings is 1. The molecule has 0 radical (unpaired) electrons. The van der Waals surface area contributed by atoms with Crippen LogP contribution in [-0.2, 0) is 0 Å². The first-order valence-corrected chi connectivity index (χ1v) is 4.91. The predicted molar refractivity (Wildman–Crippen MR) is 61.6 cm³/mol. The predicted octanol–water partition coefficient (Wildman–Crippen LogP) is 2.37. The van der Waals surface area contributed by atoms with Crippen LogP contribution in [0.25, 0.3) is 11.1 Å². The molecular formula is C12H8N4. The van der Waals surface area contributed by atoms with Gasteiger partial charge in [0.25, 0.3) is 0 Å². The van der Waals surface area contributed by atoms with Crippen molar-refractivity contribution in [2.75, 3.05) is 10.9 Å². The molecule has 1 aromatic carbocycles. The summed E-state index contributed by atoms with van der Waals surface area (Å²) in [6.45, 7) is 0. The normalized spacial score (nSPS) is 11.4. The third kappa shape index (κ3) is 1.19. The van der Waals surface area contributed by atoms with Gasteiger partial charge in [-0.05, 0) is 18.2 Å². The number of hydrogen-bond acceptors (Lipinski definition) is 4. The summed E-state index contributed by atoms with van der Waals surface area (Å²) in [7, 11) is 0. The first-order valence-electron chi connectivity index (χ1n) is 4.91. The van der Waals surface area contributed by atoms with E-state index in [1.165, 1.54) is 0 Å². The molecule has 4 heteroatoms. The minimum absolute atomic E-state index is 0.410. The molecule has 0 amide bonds. The van der Waals surface area contributed by atoms with Gasteiger partial charge in [0.1, 0.15) is 11.8 Å². The molecule has 0 atom stereocenters. The fraction of sp³-hybridized carbons (Fsp3) is 0. The van der Waals surface area contributed by atoms with E-state index >= 15 is 0 Å². The molecule has 16 heavy (non-hydrogen) atoms. The van der Waals surface area contributed by atoms with Crippen LogP contribution in [0.15, 0.2) is 36.4 Å². The maximum absolute atomic E-state index is 8.77. The number of benzene rings is 1. The molecule has 0 unspecified atom stereocenters. The van der Waals surface area contributed by atoms with Crippen LogP contribution in [0.4, 0.5) is 11.5 Å². The van der Waals surface area contributed by atoms with Crippen molar-refractivity contribution in [1.29, 1.82) is 5.26 Å². The van der Waals surface area contributed by atoms with E-state index in [4.69, 9.17) is 5.26 Å². The molecule has 2 aromatic rings. The van der Waals surface area contributed by atoms with Crippen LogP contribution in [0, 0.1) is 11.3 Å². The molecule has 3 rings (SSSR count). The highest BCUT2D eigenvalue weighted by atomic mass is 15.4. The lowest BCUT2D eigenvalue weighted by atomic mass is 10.0. The molecule has 0 fully saturated rings. The summed E-state index contributed by atoms with van der Waals surface area (Å²) < 4.78 is 0. The van der Waals surface area contributed by atoms with Crippen LogP contribution in [0.2, 0.25) is 0 Å². The molecule has 0 saturated heterocycles. The van der Waals surface area contributed by atoms with Gasteiger partial charge in [0.15, 0.2) is 5.82 Å². The fourth-order valence-corrected chi connectivity index (χ4v) is 1.79. The number of rotatable bonds is 0. The third-order valence-corrected chi connectivity index (χ3v) is 2.54. The van der Waals surface area contributed by atoms with Crippen molar-refractivity contribution in [3.63, 3.8) is 0 Å². The van der Waals surface area contributed by atoms with Gasteiger partial charge in [0, 0.05) is 11.1 Å². The van der Waals surface area contributed by atoms with E-state index in [1.807, 2.05) is 36.4 Å². The number of nitrogens with zero attached hydrogens (tertiary/aromatic N) is 2. The van der Waals surface area contributed by atoms with Gasteiger partial charge < -0.3 is 0 Å². The van der Waals surface area contributed by atoms with Crippen molar-refractivity contribution in [1.82, 2.24) is 4.98 Å². The first-order chi connectivity index (χ1) is 7.88. The molecule has 1 aliphatic rings. The first kappa shape index (κ1) is 8.74. The maximum Gasteiger partial charge on any atom is 0.153 e. The Kier molecular flexibility index (Phi) is 1.77. The Labute approximate surface area is 92.5 Å². The summed E-state index contributed by atoms with van der Waals surface area (Å²) in [5.41, 5.74) is 9.55. The number of hydrogen-bond donors (Lipinski definition) is 2. The number of fused-ring (bicyclic) bond motifs is 3. The molecular weight excluding hydrogens is 200 g/mol. The number of hydrazine groups is 1. The van der Waals surface area contributed by atoms with Crippen LogP contribution in [-0.4, -0.2) is 4.98 Å². The van der Waals surface area contributed by atoms with Crippen molar-refractivity contribution in [2.45, 2.75) is 0 Å². The highest BCUT2D eigenvalue weighted by Gasteiger charge is 2.15. The molecule has 76 valence electrons. The summed E-state index contributed by atoms with van der Waals surface area (Å²) in [6, 6.07) is 13.6. The van der Waals surface area contributed by atoms with E-state index in [9.17, 15) is 0 Å². The second kappa shape index (κ2) is 3.24. The van der Waals surface area contributed by atoms with Crippen molar-refractivity contribution in [3.05, 3.63) is 42.1 Å². The molecule has 0 spiro atoms. The van der Waals surface area contributed by atoms with Crippen LogP contribution in [0.3, 0.4) is 0 Å². The highest BCUT2D eigenvalue weighted by molar-refractivity contribution is 5.88. The van der Waals surface area contributed by atoms with Gasteiger partial charge in [-0.2, -0.15) is 5.26 Å². The average molecular weight is 208 g/mol. The third-order valence-electron chi connectivity index (χ3n) is 2.54. The molecule has 1 aliphatic heterocycles. The summed E-state index contributed by atoms with van der Waals surface area (Å²) in [4.78, 5) is 4.20. The van der Waals surface area contributed by atoms with Gasteiger partial charge in [0.05, 0.1) is 5.69 Å². The van der Waals surface area contributed by atoms with Gasteiger partial charge in [-0.25, -0.2) is 4.98 Å². The number of nitriles is 1. The van der Waals surface area contributed by atoms with E-state index in [0.717, 1.165) is 16.8 Å². The summed E-state index contributed by atoms with van der Waals surface area (Å²) in [5.74, 6) is 0.692. The smallest absolute Gasteiger partial charge is 0.153 e. The zero-order valence-corrected chi connectivity index (χ0v) is 8.36. The van der Waals surface area contributed by atoms with E-state index in [2.05, 4.69) is 15.8 Å². The van der Waals surface area contributed by atoms with E-state index in [-0.39, 0.29) is 0 Å². The van der Waals surface area contributed by atoms with Gasteiger partial charge in [-0.3, -0.25) is 10.9 Å². The lowest BCUT2D eigenvalue weighted by Gasteiger charge is -2.21. The highest BCUT2D eigenvalue weighted by Crippen LogP contribution is 2.35. The van der Waals surface area contributed by atoms with Crippen molar-refractivity contribution < 1.29 is 0 Å². The molecule has 4 nitrogen and oxygen atoms in total. The lowest BCUT2D eigenvalue weighted by molar-refractivity contribution is 1.21. The molecule has 2 N–H and O–H groups in total. The van der Waals surface area contributed by atoms with E-state index < -0.39 is 0 Å². The zero-order chi connectivity index (χ0) is 11.0. The van der Waals surface area contributed by atoms with Crippen LogP contribution >= 0.6 is 0 Å². The van der Waals surface area contributed by atoms with Gasteiger partial charge in [-0.15, -0.1) is 0 Å². The molecule has 0 bridgehead atoms. The van der Waals surface area contributed by atoms with Crippen LogP contribution < -0.4 is 10.9 Å². The quantitative estimate of drug-likeness (QED) is 0.697. The minimum Gasteiger partial charge on any atom is -0.299 e. The van der Waals surface area contributed by atoms with Crippen molar-refractivity contribution >= 4 is 11.5 Å². The van der Waals surface area contributed by atoms with Gasteiger partial charge in [0.2, 0.25) is 0 Å². The maximum atomic E-state index is 8.77. The summed E-state index contributed by atoms with van der Waals surface area (Å²) in [6.07, 6.45) is 0. The number of para-hydroxylation sites is 1. The van der Waals surface area contributed by atoms with Gasteiger partial charge >= 0.3 is 0 Å². The van der Waals surface area contributed by atoms with Crippen LogP contribution in [0.5, 0.6) is 0 Å². The van der Waals surface area contributed by atoms with E-state index in [0.29, 0.717) is 11.5 Å². The largest absolute Gasteiger partial charge is 0.299 e. The Balaban J connectivity index is 2.23. The molecule has 0 saturated carbocycles. The summed E-state index contributed by atoms with van der Waals surface area (Å²) in [5, 5.41) is 8.77. The van der Waals surface area contributed by atoms with Gasteiger partial charge in [-0.1, -0.05) is 18.2 Å². The number of anilines is 2. The minimum atomic E-state index is 0.410. The standard InChI is InChI=1S/C12H8N4/c13-7-8-5-6-10-9-3-1-2-4-11(9)15-16-12(10)14-8/h1-6,15H,(H,14,16). The number of nitrogens with one attached hydrogen (secondary N) is 2. The van der Waals surface area contributed by atoms with E-state index in [1.54, 1.807) is 6.07 Å². The topological polar surface area (TPSA) is 60.7 Å². The second-order valence-corrected chi connectivity index (χ2v) is 3.50. The SMILES string of the molecule is N#Cc1ccc2c(n1)NNc1ccccc1-2. The molecule has 0 aliphatic carbocycles. The summed E-state index contributed by atoms with van der Waals surface area (Å²) >= 11 is 0. The Hall–Kier alpha value is -2.54. The van der Waals surface area contributed by atoms with Crippen molar-refractivity contribution in [2.24, 2.45) is 0 Å². The Bertz CT molecular complexity index is 598. The zero-order valence-electron chi connectivity index (χ0n) is 8.36. The Morgan fingerprint density at radius 3 is 2.75 bits per heavy atom. The monoisotopic (exact) mass is 208 g/mol. The second-order valence-electron chi connectivity index (χ2n) is 3.50. The number of aromatic nitrogens is 1. The average Bonchev–Trinajstić information content (AvgIpc) is 2.38. The Morgan fingerprint density at radius 1 is 1.00 bits per heavy atom. The molecule has 2 heterocycles.